The van der Waals surface area contributed by atoms with E-state index >= 15 is 0 Å². The second-order valence-corrected chi connectivity index (χ2v) is 4.27. The van der Waals surface area contributed by atoms with Gasteiger partial charge in [0.05, 0.1) is 13.2 Å². The predicted octanol–water partition coefficient (Wildman–Crippen LogP) is 1.23. The Hall–Kier alpha value is -1.07. The largest absolute Gasteiger partial charge is 0.378 e. The van der Waals surface area contributed by atoms with Gasteiger partial charge >= 0.3 is 0 Å². The number of aromatic nitrogens is 2. The summed E-state index contributed by atoms with van der Waals surface area (Å²) in [5, 5.41) is 1.29. The van der Waals surface area contributed by atoms with Crippen molar-refractivity contribution in [2.75, 3.05) is 31.2 Å². The zero-order chi connectivity index (χ0) is 9.38. The Morgan fingerprint density at radius 2 is 2.21 bits per heavy atom. The summed E-state index contributed by atoms with van der Waals surface area (Å²) in [6, 6.07) is 0. The van der Waals surface area contributed by atoms with Crippen LogP contribution in [0.4, 0.5) is 5.00 Å². The minimum Gasteiger partial charge on any atom is -0.378 e. The maximum atomic E-state index is 5.32. The fourth-order valence-corrected chi connectivity index (χ4v) is 2.64. The summed E-state index contributed by atoms with van der Waals surface area (Å²) in [4.78, 5) is 7.67. The highest BCUT2D eigenvalue weighted by atomic mass is 32.1. The topological polar surface area (TPSA) is 29.8 Å². The lowest BCUT2D eigenvalue weighted by molar-refractivity contribution is 0.123. The van der Waals surface area contributed by atoms with Gasteiger partial charge in [0.15, 0.2) is 4.96 Å². The molecule has 4 nitrogen and oxygen atoms in total. The third kappa shape index (κ3) is 1.29. The van der Waals surface area contributed by atoms with Crippen molar-refractivity contribution < 1.29 is 4.74 Å². The molecule has 0 aliphatic carbocycles. The maximum Gasteiger partial charge on any atom is 0.195 e. The molecule has 0 bridgehead atoms. The van der Waals surface area contributed by atoms with Crippen LogP contribution in [-0.2, 0) is 4.74 Å². The number of fused-ring (bicyclic) bond motifs is 1. The normalized spacial score (nSPS) is 17.9. The first-order valence-electron chi connectivity index (χ1n) is 4.69. The van der Waals surface area contributed by atoms with Crippen LogP contribution in [0.1, 0.15) is 0 Å². The molecule has 0 saturated carbocycles. The smallest absolute Gasteiger partial charge is 0.195 e. The zero-order valence-corrected chi connectivity index (χ0v) is 8.54. The summed E-state index contributed by atoms with van der Waals surface area (Å²) >= 11 is 1.73. The molecule has 2 aromatic heterocycles. The molecule has 3 heterocycles. The van der Waals surface area contributed by atoms with Gasteiger partial charge in [-0.2, -0.15) is 0 Å². The monoisotopic (exact) mass is 209 g/mol. The first kappa shape index (κ1) is 8.26. The van der Waals surface area contributed by atoms with Gasteiger partial charge in [-0.05, 0) is 0 Å². The SMILES string of the molecule is c1cn2cc(N3CCOCC3)sc2n1. The number of rotatable bonds is 1. The Morgan fingerprint density at radius 3 is 3.00 bits per heavy atom. The Morgan fingerprint density at radius 1 is 1.36 bits per heavy atom. The summed E-state index contributed by atoms with van der Waals surface area (Å²) in [7, 11) is 0. The minimum atomic E-state index is 0.834. The fraction of sp³-hybridized carbons (Fsp3) is 0.444. The summed E-state index contributed by atoms with van der Waals surface area (Å²) in [5.74, 6) is 0. The van der Waals surface area contributed by atoms with Crippen LogP contribution in [0, 0.1) is 0 Å². The molecular weight excluding hydrogens is 198 g/mol. The van der Waals surface area contributed by atoms with Crippen LogP contribution in [0.2, 0.25) is 0 Å². The first-order chi connectivity index (χ1) is 6.93. The van der Waals surface area contributed by atoms with Gasteiger partial charge in [-0.1, -0.05) is 11.3 Å². The highest BCUT2D eigenvalue weighted by Crippen LogP contribution is 2.26. The van der Waals surface area contributed by atoms with E-state index in [1.54, 1.807) is 11.3 Å². The van der Waals surface area contributed by atoms with E-state index in [-0.39, 0.29) is 0 Å². The number of anilines is 1. The maximum absolute atomic E-state index is 5.32. The van der Waals surface area contributed by atoms with E-state index in [1.807, 2.05) is 12.4 Å². The average Bonchev–Trinajstić information content (AvgIpc) is 2.78. The Labute approximate surface area is 85.7 Å². The van der Waals surface area contributed by atoms with Crippen LogP contribution < -0.4 is 4.90 Å². The third-order valence-corrected chi connectivity index (χ3v) is 3.47. The molecule has 0 radical (unpaired) electrons. The lowest BCUT2D eigenvalue weighted by atomic mass is 10.4. The second kappa shape index (κ2) is 3.25. The number of morpholine rings is 1. The van der Waals surface area contributed by atoms with Crippen molar-refractivity contribution in [3.05, 3.63) is 18.6 Å². The summed E-state index contributed by atoms with van der Waals surface area (Å²) in [6.45, 7) is 3.65. The fourth-order valence-electron chi connectivity index (χ4n) is 1.65. The van der Waals surface area contributed by atoms with E-state index in [2.05, 4.69) is 20.5 Å². The van der Waals surface area contributed by atoms with Crippen LogP contribution >= 0.6 is 11.3 Å². The van der Waals surface area contributed by atoms with Crippen molar-refractivity contribution in [3.63, 3.8) is 0 Å². The van der Waals surface area contributed by atoms with Crippen molar-refractivity contribution >= 4 is 21.3 Å². The highest BCUT2D eigenvalue weighted by Gasteiger charge is 2.13. The quantitative estimate of drug-likeness (QED) is 0.707. The second-order valence-electron chi connectivity index (χ2n) is 3.29. The molecular formula is C9H11N3OS. The van der Waals surface area contributed by atoms with Gasteiger partial charge in [0.1, 0.15) is 5.00 Å². The molecule has 1 aliphatic heterocycles. The van der Waals surface area contributed by atoms with Crippen molar-refractivity contribution in [3.8, 4) is 0 Å². The Bertz CT molecular complexity index is 401. The molecule has 0 atom stereocenters. The summed E-state index contributed by atoms with van der Waals surface area (Å²) < 4.78 is 7.38. The molecule has 3 rings (SSSR count). The molecule has 5 heteroatoms. The molecule has 0 N–H and O–H groups in total. The molecule has 2 aromatic rings. The number of ether oxygens (including phenoxy) is 1. The van der Waals surface area contributed by atoms with Crippen molar-refractivity contribution in [1.29, 1.82) is 0 Å². The van der Waals surface area contributed by atoms with Gasteiger partial charge in [-0.25, -0.2) is 4.98 Å². The van der Waals surface area contributed by atoms with Crippen molar-refractivity contribution in [2.24, 2.45) is 0 Å². The standard InChI is InChI=1S/C9H11N3OS/c1-2-12-7-8(14-9(12)10-1)11-3-5-13-6-4-11/h1-2,7H,3-6H2. The van der Waals surface area contributed by atoms with Crippen LogP contribution in [0.25, 0.3) is 4.96 Å². The average molecular weight is 209 g/mol. The van der Waals surface area contributed by atoms with Gasteiger partial charge in [0, 0.05) is 31.7 Å². The molecule has 1 aliphatic rings. The lowest BCUT2D eigenvalue weighted by Gasteiger charge is -2.26. The van der Waals surface area contributed by atoms with Gasteiger partial charge in [-0.3, -0.25) is 4.40 Å². The Kier molecular flexibility index (Phi) is 1.92. The van der Waals surface area contributed by atoms with E-state index in [4.69, 9.17) is 4.74 Å². The van der Waals surface area contributed by atoms with Crippen LogP contribution in [0.3, 0.4) is 0 Å². The van der Waals surface area contributed by atoms with Crippen LogP contribution in [-0.4, -0.2) is 35.7 Å². The molecule has 1 fully saturated rings. The third-order valence-electron chi connectivity index (χ3n) is 2.40. The van der Waals surface area contributed by atoms with Gasteiger partial charge in [0.25, 0.3) is 0 Å². The first-order valence-corrected chi connectivity index (χ1v) is 5.50. The van der Waals surface area contributed by atoms with E-state index < -0.39 is 0 Å². The Balaban J connectivity index is 1.92. The molecule has 14 heavy (non-hydrogen) atoms. The summed E-state index contributed by atoms with van der Waals surface area (Å²) in [5.41, 5.74) is 0. The number of hydrogen-bond acceptors (Lipinski definition) is 4. The summed E-state index contributed by atoms with van der Waals surface area (Å²) in [6.07, 6.45) is 5.95. The number of thiazole rings is 1. The molecule has 0 amide bonds. The number of nitrogens with zero attached hydrogens (tertiary/aromatic N) is 3. The van der Waals surface area contributed by atoms with Gasteiger partial charge in [-0.15, -0.1) is 0 Å². The van der Waals surface area contributed by atoms with E-state index in [9.17, 15) is 0 Å². The van der Waals surface area contributed by atoms with Gasteiger partial charge < -0.3 is 9.64 Å². The van der Waals surface area contributed by atoms with Crippen molar-refractivity contribution in [1.82, 2.24) is 9.38 Å². The van der Waals surface area contributed by atoms with E-state index in [1.165, 1.54) is 5.00 Å². The minimum absolute atomic E-state index is 0.834. The van der Waals surface area contributed by atoms with E-state index in [0.29, 0.717) is 0 Å². The molecule has 0 spiro atoms. The van der Waals surface area contributed by atoms with E-state index in [0.717, 1.165) is 31.3 Å². The molecule has 1 saturated heterocycles. The van der Waals surface area contributed by atoms with Crippen LogP contribution in [0.5, 0.6) is 0 Å². The highest BCUT2D eigenvalue weighted by molar-refractivity contribution is 7.20. The predicted molar refractivity (Wildman–Crippen MR) is 56.1 cm³/mol. The zero-order valence-electron chi connectivity index (χ0n) is 7.72. The van der Waals surface area contributed by atoms with Crippen molar-refractivity contribution in [2.45, 2.75) is 0 Å². The molecule has 0 unspecified atom stereocenters. The molecule has 0 aromatic carbocycles. The lowest BCUT2D eigenvalue weighted by Crippen LogP contribution is -2.35. The molecule has 74 valence electrons. The van der Waals surface area contributed by atoms with Gasteiger partial charge in [0.2, 0.25) is 0 Å². The number of hydrogen-bond donors (Lipinski definition) is 0. The van der Waals surface area contributed by atoms with Crippen LogP contribution in [0.15, 0.2) is 18.6 Å². The number of imidazole rings is 1.